The monoisotopic (exact) mass is 221 g/mol. The van der Waals surface area contributed by atoms with Crippen molar-refractivity contribution in [3.63, 3.8) is 0 Å². The molecule has 0 bridgehead atoms. The standard InChI is InChI=1S/C13H19NO2/c1-10(2)14-8-13(15)16-9-12-7-5-4-6-11(12)3/h4-7,10,14H,8-9H2,1-3H3. The minimum absolute atomic E-state index is 0.211. The molecule has 1 aromatic rings. The van der Waals surface area contributed by atoms with Crippen LogP contribution in [0.5, 0.6) is 0 Å². The lowest BCUT2D eigenvalue weighted by molar-refractivity contribution is -0.143. The lowest BCUT2D eigenvalue weighted by Crippen LogP contribution is -2.30. The molecule has 0 spiro atoms. The van der Waals surface area contributed by atoms with Crippen molar-refractivity contribution in [2.75, 3.05) is 6.54 Å². The van der Waals surface area contributed by atoms with E-state index >= 15 is 0 Å². The van der Waals surface area contributed by atoms with Crippen LogP contribution >= 0.6 is 0 Å². The van der Waals surface area contributed by atoms with Gasteiger partial charge >= 0.3 is 5.97 Å². The Bertz CT molecular complexity index is 348. The number of hydrogen-bond donors (Lipinski definition) is 1. The van der Waals surface area contributed by atoms with Crippen molar-refractivity contribution >= 4 is 5.97 Å². The van der Waals surface area contributed by atoms with Gasteiger partial charge in [0, 0.05) is 6.04 Å². The highest BCUT2D eigenvalue weighted by Crippen LogP contribution is 2.07. The van der Waals surface area contributed by atoms with E-state index in [0.717, 1.165) is 11.1 Å². The number of carbonyl (C=O) groups excluding carboxylic acids is 1. The van der Waals surface area contributed by atoms with E-state index in [2.05, 4.69) is 5.32 Å². The third-order valence-electron chi connectivity index (χ3n) is 2.30. The Kier molecular flexibility index (Phi) is 4.99. The molecule has 0 aromatic heterocycles. The highest BCUT2D eigenvalue weighted by Gasteiger charge is 2.04. The predicted octanol–water partition coefficient (Wildman–Crippen LogP) is 2.04. The summed E-state index contributed by atoms with van der Waals surface area (Å²) < 4.78 is 5.16. The summed E-state index contributed by atoms with van der Waals surface area (Å²) in [5.74, 6) is -0.211. The second-order valence-electron chi connectivity index (χ2n) is 4.12. The molecule has 1 aromatic carbocycles. The fourth-order valence-corrected chi connectivity index (χ4v) is 1.27. The lowest BCUT2D eigenvalue weighted by Gasteiger charge is -2.09. The number of benzene rings is 1. The Morgan fingerprint density at radius 2 is 2.06 bits per heavy atom. The molecule has 0 fully saturated rings. The molecule has 0 atom stereocenters. The highest BCUT2D eigenvalue weighted by atomic mass is 16.5. The number of aryl methyl sites for hydroxylation is 1. The fourth-order valence-electron chi connectivity index (χ4n) is 1.27. The van der Waals surface area contributed by atoms with Gasteiger partial charge in [0.25, 0.3) is 0 Å². The van der Waals surface area contributed by atoms with E-state index in [4.69, 9.17) is 4.74 Å². The van der Waals surface area contributed by atoms with Crippen molar-refractivity contribution in [1.82, 2.24) is 5.32 Å². The maximum Gasteiger partial charge on any atom is 0.320 e. The average molecular weight is 221 g/mol. The van der Waals surface area contributed by atoms with Crippen molar-refractivity contribution in [2.45, 2.75) is 33.4 Å². The Balaban J connectivity index is 2.35. The van der Waals surface area contributed by atoms with Crippen LogP contribution in [0.4, 0.5) is 0 Å². The molecule has 16 heavy (non-hydrogen) atoms. The van der Waals surface area contributed by atoms with Gasteiger partial charge in [0.2, 0.25) is 0 Å². The first-order valence-electron chi connectivity index (χ1n) is 5.53. The van der Waals surface area contributed by atoms with E-state index in [1.165, 1.54) is 0 Å². The Labute approximate surface area is 96.8 Å². The van der Waals surface area contributed by atoms with E-state index in [1.54, 1.807) is 0 Å². The third-order valence-corrected chi connectivity index (χ3v) is 2.30. The first kappa shape index (κ1) is 12.7. The van der Waals surface area contributed by atoms with Crippen molar-refractivity contribution < 1.29 is 9.53 Å². The molecule has 0 radical (unpaired) electrons. The maximum absolute atomic E-state index is 11.3. The number of hydrogen-bond acceptors (Lipinski definition) is 3. The molecule has 0 saturated heterocycles. The van der Waals surface area contributed by atoms with Crippen molar-refractivity contribution in [3.05, 3.63) is 35.4 Å². The van der Waals surface area contributed by atoms with Gasteiger partial charge in [-0.2, -0.15) is 0 Å². The smallest absolute Gasteiger partial charge is 0.320 e. The van der Waals surface area contributed by atoms with Gasteiger partial charge in [0.1, 0.15) is 6.61 Å². The molecule has 0 saturated carbocycles. The summed E-state index contributed by atoms with van der Waals surface area (Å²) in [5.41, 5.74) is 2.20. The molecule has 1 rings (SSSR count). The summed E-state index contributed by atoms with van der Waals surface area (Å²) in [5, 5.41) is 3.02. The van der Waals surface area contributed by atoms with E-state index in [1.807, 2.05) is 45.0 Å². The maximum atomic E-state index is 11.3. The van der Waals surface area contributed by atoms with Crippen LogP contribution in [-0.2, 0) is 16.1 Å². The molecule has 0 aliphatic rings. The first-order valence-corrected chi connectivity index (χ1v) is 5.53. The molecule has 3 heteroatoms. The van der Waals surface area contributed by atoms with E-state index in [9.17, 15) is 4.79 Å². The van der Waals surface area contributed by atoms with Crippen LogP contribution in [-0.4, -0.2) is 18.6 Å². The zero-order valence-corrected chi connectivity index (χ0v) is 10.1. The summed E-state index contributed by atoms with van der Waals surface area (Å²) in [4.78, 5) is 11.3. The van der Waals surface area contributed by atoms with Gasteiger partial charge < -0.3 is 10.1 Å². The average Bonchev–Trinajstić information content (AvgIpc) is 2.25. The van der Waals surface area contributed by atoms with Gasteiger partial charge in [0.15, 0.2) is 0 Å². The number of esters is 1. The Morgan fingerprint density at radius 3 is 2.69 bits per heavy atom. The van der Waals surface area contributed by atoms with Crippen LogP contribution in [0.15, 0.2) is 24.3 Å². The minimum Gasteiger partial charge on any atom is -0.460 e. The summed E-state index contributed by atoms with van der Waals surface area (Å²) in [6.45, 7) is 6.62. The van der Waals surface area contributed by atoms with Crippen LogP contribution in [0.25, 0.3) is 0 Å². The molecule has 0 aliphatic heterocycles. The van der Waals surface area contributed by atoms with Gasteiger partial charge in [-0.1, -0.05) is 38.1 Å². The first-order chi connectivity index (χ1) is 7.59. The number of ether oxygens (including phenoxy) is 1. The summed E-state index contributed by atoms with van der Waals surface area (Å²) in [6, 6.07) is 8.20. The second-order valence-corrected chi connectivity index (χ2v) is 4.12. The molecule has 88 valence electrons. The molecule has 1 N–H and O–H groups in total. The lowest BCUT2D eigenvalue weighted by atomic mass is 10.1. The molecule has 0 aliphatic carbocycles. The molecular formula is C13H19NO2. The number of carbonyl (C=O) groups is 1. The normalized spacial score (nSPS) is 10.5. The van der Waals surface area contributed by atoms with E-state index in [0.29, 0.717) is 12.6 Å². The van der Waals surface area contributed by atoms with Gasteiger partial charge in [-0.05, 0) is 18.1 Å². The van der Waals surface area contributed by atoms with Gasteiger partial charge in [-0.3, -0.25) is 4.79 Å². The van der Waals surface area contributed by atoms with Crippen molar-refractivity contribution in [1.29, 1.82) is 0 Å². The van der Waals surface area contributed by atoms with Gasteiger partial charge in [-0.25, -0.2) is 0 Å². The summed E-state index contributed by atoms with van der Waals surface area (Å²) >= 11 is 0. The zero-order chi connectivity index (χ0) is 12.0. The van der Waals surface area contributed by atoms with Gasteiger partial charge in [-0.15, -0.1) is 0 Å². The molecule has 0 amide bonds. The molecule has 3 nitrogen and oxygen atoms in total. The summed E-state index contributed by atoms with van der Waals surface area (Å²) in [6.07, 6.45) is 0. The Morgan fingerprint density at radius 1 is 1.38 bits per heavy atom. The van der Waals surface area contributed by atoms with Gasteiger partial charge in [0.05, 0.1) is 6.54 Å². The van der Waals surface area contributed by atoms with Crippen LogP contribution in [0, 0.1) is 6.92 Å². The summed E-state index contributed by atoms with van der Waals surface area (Å²) in [7, 11) is 0. The number of rotatable bonds is 5. The van der Waals surface area contributed by atoms with E-state index in [-0.39, 0.29) is 12.5 Å². The molecular weight excluding hydrogens is 202 g/mol. The quantitative estimate of drug-likeness (QED) is 0.773. The topological polar surface area (TPSA) is 38.3 Å². The van der Waals surface area contributed by atoms with Crippen molar-refractivity contribution in [2.24, 2.45) is 0 Å². The predicted molar refractivity (Wildman–Crippen MR) is 64.1 cm³/mol. The highest BCUT2D eigenvalue weighted by molar-refractivity contribution is 5.71. The second kappa shape index (κ2) is 6.28. The molecule has 0 unspecified atom stereocenters. The van der Waals surface area contributed by atoms with Crippen LogP contribution in [0.3, 0.4) is 0 Å². The SMILES string of the molecule is Cc1ccccc1COC(=O)CNC(C)C. The van der Waals surface area contributed by atoms with Crippen LogP contribution in [0.1, 0.15) is 25.0 Å². The van der Waals surface area contributed by atoms with E-state index < -0.39 is 0 Å². The van der Waals surface area contributed by atoms with Crippen LogP contribution < -0.4 is 5.32 Å². The fraction of sp³-hybridized carbons (Fsp3) is 0.462. The Hall–Kier alpha value is -1.35. The van der Waals surface area contributed by atoms with Crippen LogP contribution in [0.2, 0.25) is 0 Å². The molecule has 0 heterocycles. The minimum atomic E-state index is -0.211. The number of nitrogens with one attached hydrogen (secondary N) is 1. The third kappa shape index (κ3) is 4.45. The zero-order valence-electron chi connectivity index (χ0n) is 10.1. The van der Waals surface area contributed by atoms with Crippen molar-refractivity contribution in [3.8, 4) is 0 Å². The largest absolute Gasteiger partial charge is 0.460 e.